The average Bonchev–Trinajstić information content (AvgIpc) is 3.27. The number of halogens is 2. The molecule has 0 saturated heterocycles. The number of aliphatic hydroxyl groups excluding tert-OH is 1. The molecule has 2 fully saturated rings. The van der Waals surface area contributed by atoms with Gasteiger partial charge in [-0.2, -0.15) is 0 Å². The summed E-state index contributed by atoms with van der Waals surface area (Å²) < 4.78 is 15.9. The van der Waals surface area contributed by atoms with E-state index in [9.17, 15) is 19.5 Å². The molecule has 0 aromatic heterocycles. The van der Waals surface area contributed by atoms with Gasteiger partial charge in [-0.05, 0) is 81.8 Å². The van der Waals surface area contributed by atoms with Crippen LogP contribution in [-0.4, -0.2) is 43.5 Å². The molecule has 7 nitrogen and oxygen atoms in total. The van der Waals surface area contributed by atoms with E-state index >= 15 is 0 Å². The van der Waals surface area contributed by atoms with E-state index in [0.717, 1.165) is 56.1 Å². The second-order valence-corrected chi connectivity index (χ2v) is 13.1. The number of aliphatic hydroxyl groups is 1. The highest BCUT2D eigenvalue weighted by Gasteiger charge is 2.45. The van der Waals surface area contributed by atoms with Gasteiger partial charge < -0.3 is 19.3 Å². The molecule has 9 heteroatoms. The van der Waals surface area contributed by atoms with Crippen LogP contribution in [0.3, 0.4) is 0 Å². The minimum Gasteiger partial charge on any atom is -0.511 e. The number of methoxy groups -OCH3 is 2. The van der Waals surface area contributed by atoms with Gasteiger partial charge in [-0.1, -0.05) is 48.9 Å². The van der Waals surface area contributed by atoms with Crippen LogP contribution in [-0.2, 0) is 25.5 Å². The third-order valence-electron chi connectivity index (χ3n) is 9.26. The SMILES string of the molecule is CCOC(=O)C1CCCCC1C(=O)Cc1c(Cl)cc(C)cc1OC.COc1cc(C)cc(Cl)c1C1=C(O)C2CCCCC2C1=O. The first-order chi connectivity index (χ1) is 21.5. The van der Waals surface area contributed by atoms with Crippen LogP contribution in [0.2, 0.25) is 10.0 Å². The number of allylic oxidation sites excluding steroid dienone is 2. The van der Waals surface area contributed by atoms with Gasteiger partial charge in [0, 0.05) is 40.3 Å². The molecule has 0 amide bonds. The Hall–Kier alpha value is -3.03. The number of hydrogen-bond donors (Lipinski definition) is 1. The van der Waals surface area contributed by atoms with E-state index in [0.29, 0.717) is 51.3 Å². The van der Waals surface area contributed by atoms with Gasteiger partial charge in [0.25, 0.3) is 0 Å². The Morgan fingerprint density at radius 1 is 0.822 bits per heavy atom. The number of rotatable bonds is 8. The van der Waals surface area contributed by atoms with Crippen molar-refractivity contribution >= 4 is 46.3 Å². The minimum absolute atomic E-state index is 0.0150. The lowest BCUT2D eigenvalue weighted by atomic mass is 9.75. The van der Waals surface area contributed by atoms with Crippen molar-refractivity contribution in [2.45, 2.75) is 78.6 Å². The van der Waals surface area contributed by atoms with E-state index in [-0.39, 0.29) is 53.4 Å². The Balaban J connectivity index is 0.000000206. The normalized spacial score (nSPS) is 22.7. The number of carbonyl (C=O) groups is 3. The predicted molar refractivity (Wildman–Crippen MR) is 176 cm³/mol. The number of esters is 1. The van der Waals surface area contributed by atoms with Gasteiger partial charge in [0.2, 0.25) is 0 Å². The number of ether oxygens (including phenoxy) is 3. The van der Waals surface area contributed by atoms with Crippen molar-refractivity contribution < 1.29 is 33.7 Å². The predicted octanol–water partition coefficient (Wildman–Crippen LogP) is 8.45. The van der Waals surface area contributed by atoms with Crippen LogP contribution in [0, 0.1) is 37.5 Å². The maximum atomic E-state index is 12.9. The van der Waals surface area contributed by atoms with Crippen molar-refractivity contribution in [2.24, 2.45) is 23.7 Å². The molecule has 5 rings (SSSR count). The highest BCUT2D eigenvalue weighted by molar-refractivity contribution is 6.36. The van der Waals surface area contributed by atoms with Crippen molar-refractivity contribution in [3.63, 3.8) is 0 Å². The Bertz CT molecular complexity index is 1460. The Morgan fingerprint density at radius 3 is 1.98 bits per heavy atom. The van der Waals surface area contributed by atoms with Crippen LogP contribution in [0.1, 0.15) is 80.5 Å². The van der Waals surface area contributed by atoms with Gasteiger partial charge in [-0.15, -0.1) is 0 Å². The summed E-state index contributed by atoms with van der Waals surface area (Å²) in [5.74, 6) is 0.426. The molecule has 3 aliphatic carbocycles. The van der Waals surface area contributed by atoms with Crippen molar-refractivity contribution in [2.75, 3.05) is 20.8 Å². The van der Waals surface area contributed by atoms with Crippen LogP contribution in [0.15, 0.2) is 30.0 Å². The van der Waals surface area contributed by atoms with E-state index in [1.54, 1.807) is 27.2 Å². The van der Waals surface area contributed by atoms with Gasteiger partial charge in [0.05, 0.1) is 37.3 Å². The fraction of sp³-hybridized carbons (Fsp3) is 0.528. The summed E-state index contributed by atoms with van der Waals surface area (Å²) in [6.45, 7) is 5.98. The quantitative estimate of drug-likeness (QED) is 0.284. The highest BCUT2D eigenvalue weighted by Crippen LogP contribution is 2.49. The van der Waals surface area contributed by atoms with Crippen LogP contribution in [0.4, 0.5) is 0 Å². The largest absolute Gasteiger partial charge is 0.511 e. The Labute approximate surface area is 276 Å². The molecule has 3 aliphatic rings. The number of benzene rings is 2. The third kappa shape index (κ3) is 7.69. The van der Waals surface area contributed by atoms with Crippen LogP contribution >= 0.6 is 23.2 Å². The zero-order valence-electron chi connectivity index (χ0n) is 26.8. The summed E-state index contributed by atoms with van der Waals surface area (Å²) >= 11 is 12.7. The lowest BCUT2D eigenvalue weighted by Gasteiger charge is -2.29. The zero-order chi connectivity index (χ0) is 32.8. The number of ketones is 2. The van der Waals surface area contributed by atoms with Crippen molar-refractivity contribution in [1.82, 2.24) is 0 Å². The standard InChI is InChI=1S/C19H25ClO4.C17H19ClO3/c1-4-24-19(22)14-8-6-5-7-13(14)17(21)11-15-16(20)9-12(2)10-18(15)23-3;1-9-7-12(18)14(13(8-9)21-2)15-16(19)10-5-3-4-6-11(10)17(15)20/h9-10,13-14H,4-8,11H2,1-3H3;7-8,10-11,19H,3-6H2,1-2H3. The van der Waals surface area contributed by atoms with Crippen LogP contribution < -0.4 is 9.47 Å². The third-order valence-corrected chi connectivity index (χ3v) is 9.90. The second kappa shape index (κ2) is 15.5. The molecule has 0 heterocycles. The number of Topliss-reactive ketones (excluding diaryl/α,β-unsaturated/α-hetero) is 2. The molecule has 0 aliphatic heterocycles. The van der Waals surface area contributed by atoms with E-state index in [4.69, 9.17) is 37.4 Å². The molecule has 244 valence electrons. The van der Waals surface area contributed by atoms with Gasteiger partial charge in [0.1, 0.15) is 23.0 Å². The summed E-state index contributed by atoms with van der Waals surface area (Å²) in [7, 11) is 3.12. The summed E-state index contributed by atoms with van der Waals surface area (Å²) in [4.78, 5) is 37.8. The topological polar surface area (TPSA) is 99.1 Å². The lowest BCUT2D eigenvalue weighted by molar-refractivity contribution is -0.153. The molecule has 45 heavy (non-hydrogen) atoms. The van der Waals surface area contributed by atoms with Crippen molar-refractivity contribution in [1.29, 1.82) is 0 Å². The molecule has 0 spiro atoms. The Kier molecular flexibility index (Phi) is 12.0. The molecular weight excluding hydrogens is 615 g/mol. The first kappa shape index (κ1) is 34.8. The van der Waals surface area contributed by atoms with E-state index in [2.05, 4.69) is 0 Å². The summed E-state index contributed by atoms with van der Waals surface area (Å²) in [6, 6.07) is 7.35. The number of carbonyl (C=O) groups excluding carboxylic acids is 3. The van der Waals surface area contributed by atoms with Gasteiger partial charge in [0.15, 0.2) is 5.78 Å². The van der Waals surface area contributed by atoms with Crippen molar-refractivity contribution in [3.05, 3.63) is 62.3 Å². The van der Waals surface area contributed by atoms with Gasteiger partial charge >= 0.3 is 5.97 Å². The summed E-state index contributed by atoms with van der Waals surface area (Å²) in [5.41, 5.74) is 3.55. The molecule has 1 N–H and O–H groups in total. The molecule has 2 aromatic rings. The molecule has 2 aromatic carbocycles. The van der Waals surface area contributed by atoms with Gasteiger partial charge in [-0.25, -0.2) is 0 Å². The summed E-state index contributed by atoms with van der Waals surface area (Å²) in [5, 5.41) is 11.6. The lowest BCUT2D eigenvalue weighted by Crippen LogP contribution is -2.34. The Morgan fingerprint density at radius 2 is 1.38 bits per heavy atom. The molecule has 4 unspecified atom stereocenters. The molecule has 2 saturated carbocycles. The number of fused-ring (bicyclic) bond motifs is 1. The fourth-order valence-electron chi connectivity index (χ4n) is 7.08. The second-order valence-electron chi connectivity index (χ2n) is 12.3. The number of hydrogen-bond acceptors (Lipinski definition) is 7. The molecule has 0 radical (unpaired) electrons. The zero-order valence-corrected chi connectivity index (χ0v) is 28.4. The molecule has 4 atom stereocenters. The highest BCUT2D eigenvalue weighted by atomic mass is 35.5. The van der Waals surface area contributed by atoms with E-state index in [1.165, 1.54) is 0 Å². The fourth-order valence-corrected chi connectivity index (χ4v) is 7.77. The summed E-state index contributed by atoms with van der Waals surface area (Å²) in [6.07, 6.45) is 7.38. The number of aryl methyl sites for hydroxylation is 2. The van der Waals surface area contributed by atoms with E-state index in [1.807, 2.05) is 32.0 Å². The first-order valence-corrected chi connectivity index (χ1v) is 16.6. The van der Waals surface area contributed by atoms with Crippen LogP contribution in [0.25, 0.3) is 5.57 Å². The maximum Gasteiger partial charge on any atom is 0.309 e. The van der Waals surface area contributed by atoms with Crippen molar-refractivity contribution in [3.8, 4) is 11.5 Å². The maximum absolute atomic E-state index is 12.9. The average molecular weight is 660 g/mol. The first-order valence-electron chi connectivity index (χ1n) is 15.9. The van der Waals surface area contributed by atoms with Gasteiger partial charge in [-0.3, -0.25) is 14.4 Å². The van der Waals surface area contributed by atoms with Crippen LogP contribution in [0.5, 0.6) is 11.5 Å². The molecule has 0 bridgehead atoms. The minimum atomic E-state index is -0.332. The van der Waals surface area contributed by atoms with E-state index < -0.39 is 0 Å². The molecular formula is C36H44Cl2O7. The smallest absolute Gasteiger partial charge is 0.309 e. The monoisotopic (exact) mass is 658 g/mol.